The molecular formula is C49H52IrN11O6S3-3. The minimum atomic E-state index is -4.83. The van der Waals surface area contributed by atoms with Crippen molar-refractivity contribution in [2.45, 2.75) is 56.1 Å². The van der Waals surface area contributed by atoms with Crippen LogP contribution in [0.25, 0.3) is 22.8 Å². The first-order valence-corrected chi connectivity index (χ1v) is 26.0. The number of amides is 3. The predicted molar refractivity (Wildman–Crippen MR) is 266 cm³/mol. The van der Waals surface area contributed by atoms with E-state index < -0.39 is 39.8 Å². The van der Waals surface area contributed by atoms with Gasteiger partial charge in [0.05, 0.1) is 27.3 Å². The van der Waals surface area contributed by atoms with Crippen LogP contribution in [0.2, 0.25) is 0 Å². The van der Waals surface area contributed by atoms with Crippen molar-refractivity contribution in [2.75, 3.05) is 36.0 Å². The number of carbonyl (C=O) groups excluding carboxylic acids is 3. The van der Waals surface area contributed by atoms with Crippen LogP contribution in [0.4, 0.5) is 5.69 Å². The fourth-order valence-corrected chi connectivity index (χ4v) is 9.29. The van der Waals surface area contributed by atoms with Gasteiger partial charge in [-0.25, -0.2) is 13.4 Å². The number of hydrogen-bond donors (Lipinski definition) is 3. The van der Waals surface area contributed by atoms with E-state index in [-0.39, 0.29) is 39.0 Å². The number of nitrogens with one attached hydrogen (secondary N) is 3. The van der Waals surface area contributed by atoms with Crippen LogP contribution in [-0.2, 0) is 44.6 Å². The summed E-state index contributed by atoms with van der Waals surface area (Å²) in [5.74, 6) is -1.79. The molecule has 2 atom stereocenters. The Bertz CT molecular complexity index is 2680. The first-order chi connectivity index (χ1) is 33.5. The third kappa shape index (κ3) is 18.6. The van der Waals surface area contributed by atoms with Crippen LogP contribution in [0.1, 0.15) is 37.7 Å². The van der Waals surface area contributed by atoms with Crippen LogP contribution < -0.4 is 20.9 Å². The number of nitrogens with zero attached hydrogens (tertiary/aromatic N) is 8. The van der Waals surface area contributed by atoms with Gasteiger partial charge in [0.2, 0.25) is 17.7 Å². The summed E-state index contributed by atoms with van der Waals surface area (Å²) in [5.41, 5.74) is 5.03. The molecule has 3 N–H and O–H groups in total. The third-order valence-electron chi connectivity index (χ3n) is 10.1. The van der Waals surface area contributed by atoms with Crippen molar-refractivity contribution >= 4 is 55.1 Å². The van der Waals surface area contributed by atoms with Crippen LogP contribution in [0.3, 0.4) is 0 Å². The normalized spacial score (nSPS) is 13.3. The number of aromatic nitrogens is 7. The fraction of sp³-hybridized carbons (Fsp3) is 0.265. The molecular weight excluding hydrogens is 1130 g/mol. The Labute approximate surface area is 429 Å². The van der Waals surface area contributed by atoms with Gasteiger partial charge < -0.3 is 25.4 Å². The van der Waals surface area contributed by atoms with Crippen molar-refractivity contribution in [3.63, 3.8) is 0 Å². The average molecular weight is 1180 g/mol. The molecule has 1 saturated heterocycles. The summed E-state index contributed by atoms with van der Waals surface area (Å²) in [7, 11) is -1.70. The van der Waals surface area contributed by atoms with E-state index in [2.05, 4.69) is 53.2 Å². The molecule has 0 saturated carbocycles. The summed E-state index contributed by atoms with van der Waals surface area (Å²) < 4.78 is 38.4. The molecule has 0 aliphatic carbocycles. The van der Waals surface area contributed by atoms with Crippen molar-refractivity contribution in [2.24, 2.45) is 0 Å². The number of rotatable bonds is 19. The largest absolute Gasteiger partial charge is 0.748 e. The van der Waals surface area contributed by atoms with Gasteiger partial charge in [0.1, 0.15) is 17.1 Å². The number of aryl methyl sites for hydroxylation is 1. The van der Waals surface area contributed by atoms with E-state index in [0.29, 0.717) is 55.9 Å². The molecule has 6 heterocycles. The van der Waals surface area contributed by atoms with E-state index in [9.17, 15) is 27.4 Å². The number of para-hydroxylation sites is 2. The Morgan fingerprint density at radius 3 is 2.06 bits per heavy atom. The first kappa shape index (κ1) is 54.7. The SMILES string of the molecule is Cc1ccnc(-c2cc(N3CCCC3C(=O)NC(CS(=O)(=O)[O-])C(=O)NCCCCC(=O)NCCSSc3ccccn3)ccn2)c1.[Ir].[c-]1ccccc1-n1cccn1.[c-]1ccccc1-n1cccn1. The second-order valence-electron chi connectivity index (χ2n) is 15.3. The Morgan fingerprint density at radius 2 is 1.46 bits per heavy atom. The molecule has 70 heavy (non-hydrogen) atoms. The van der Waals surface area contributed by atoms with Gasteiger partial charge in [-0.1, -0.05) is 16.9 Å². The molecule has 8 rings (SSSR count). The van der Waals surface area contributed by atoms with Crippen LogP contribution in [0.15, 0.2) is 152 Å². The maximum Gasteiger partial charge on any atom is 0.243 e. The van der Waals surface area contributed by atoms with E-state index in [0.717, 1.165) is 27.7 Å². The standard InChI is InChI=1S/C31H39N7O6S3.2C9H7N2.Ir/c1-22-10-14-32-24(19-22)25-20-23(11-15-33-25)38-17-6-7-27(38)31(41)37-26(21-47(42,43)44)30(40)36-13-4-2-8-28(39)34-16-18-45-46-29-9-3-5-12-35-29;2*1-2-5-9(6-3-1)11-8-4-7-10-11;/h3,5,9-12,14-15,19-20,26-27H,2,4,6-8,13,16-18,21H2,1H3,(H,34,39)(H,36,40)(H,37,41)(H,42,43,44);2*1-5,7-8H;/q;2*-1;/p-1. The molecule has 5 aromatic heterocycles. The smallest absolute Gasteiger partial charge is 0.243 e. The molecule has 369 valence electrons. The van der Waals surface area contributed by atoms with Crippen molar-refractivity contribution in [3.8, 4) is 22.8 Å². The van der Waals surface area contributed by atoms with E-state index in [4.69, 9.17) is 0 Å². The minimum absolute atomic E-state index is 0. The summed E-state index contributed by atoms with van der Waals surface area (Å²) in [6.07, 6.45) is 14.7. The van der Waals surface area contributed by atoms with E-state index in [1.807, 2.05) is 121 Å². The summed E-state index contributed by atoms with van der Waals surface area (Å²) in [6, 6.07) is 36.3. The van der Waals surface area contributed by atoms with Gasteiger partial charge in [-0.3, -0.25) is 33.7 Å². The summed E-state index contributed by atoms with van der Waals surface area (Å²) in [6.45, 7) is 3.18. The number of hydrogen-bond acceptors (Lipinski definition) is 14. The monoisotopic (exact) mass is 1180 g/mol. The Morgan fingerprint density at radius 1 is 0.786 bits per heavy atom. The molecule has 1 radical (unpaired) electrons. The molecule has 1 aliphatic rings. The van der Waals surface area contributed by atoms with E-state index in [1.54, 1.807) is 57.2 Å². The molecule has 1 aliphatic heterocycles. The number of unbranched alkanes of at least 4 members (excludes halogenated alkanes) is 1. The Hall–Kier alpha value is -6.22. The van der Waals surface area contributed by atoms with Crippen LogP contribution in [0.5, 0.6) is 0 Å². The van der Waals surface area contributed by atoms with Gasteiger partial charge in [0.25, 0.3) is 0 Å². The fourth-order valence-electron chi connectivity index (χ4n) is 6.86. The van der Waals surface area contributed by atoms with Crippen molar-refractivity contribution < 1.29 is 47.5 Å². The molecule has 2 aromatic carbocycles. The number of pyridine rings is 3. The number of carbonyl (C=O) groups is 3. The van der Waals surface area contributed by atoms with E-state index in [1.165, 1.54) is 10.8 Å². The average Bonchev–Trinajstić information content (AvgIpc) is 4.20. The van der Waals surface area contributed by atoms with Gasteiger partial charge in [-0.2, -0.15) is 58.7 Å². The molecule has 0 bridgehead atoms. The Kier molecular flexibility index (Phi) is 22.7. The Balaban J connectivity index is 0.000000318. The molecule has 1 fully saturated rings. The summed E-state index contributed by atoms with van der Waals surface area (Å²) in [4.78, 5) is 53.3. The molecule has 7 aromatic rings. The number of anilines is 1. The van der Waals surface area contributed by atoms with Gasteiger partial charge in [-0.05, 0) is 109 Å². The molecule has 21 heteroatoms. The zero-order valence-corrected chi connectivity index (χ0v) is 43.0. The van der Waals surface area contributed by atoms with Gasteiger partial charge in [0.15, 0.2) is 0 Å². The zero-order chi connectivity index (χ0) is 48.7. The topological polar surface area (TPSA) is 222 Å². The van der Waals surface area contributed by atoms with Gasteiger partial charge in [0, 0.05) is 101 Å². The first-order valence-electron chi connectivity index (χ1n) is 22.1. The van der Waals surface area contributed by atoms with Gasteiger partial charge >= 0.3 is 0 Å². The summed E-state index contributed by atoms with van der Waals surface area (Å²) in [5, 5.41) is 17.0. The summed E-state index contributed by atoms with van der Waals surface area (Å²) >= 11 is 0. The second kappa shape index (κ2) is 29.1. The molecule has 17 nitrogen and oxygen atoms in total. The van der Waals surface area contributed by atoms with Crippen molar-refractivity contribution in [1.82, 2.24) is 50.5 Å². The third-order valence-corrected chi connectivity index (χ3v) is 13.1. The maximum atomic E-state index is 13.4. The second-order valence-corrected chi connectivity index (χ2v) is 19.2. The van der Waals surface area contributed by atoms with Gasteiger partial charge in [-0.15, -0.1) is 12.1 Å². The molecule has 0 spiro atoms. The maximum absolute atomic E-state index is 13.4. The number of benzene rings is 2. The zero-order valence-electron chi connectivity index (χ0n) is 38.2. The quantitative estimate of drug-likeness (QED) is 0.0364. The minimum Gasteiger partial charge on any atom is -0.748 e. The van der Waals surface area contributed by atoms with Crippen LogP contribution in [0, 0.1) is 19.1 Å². The van der Waals surface area contributed by atoms with Crippen molar-refractivity contribution in [1.29, 1.82) is 0 Å². The van der Waals surface area contributed by atoms with Crippen LogP contribution in [-0.4, -0.2) is 108 Å². The molecule has 2 unspecified atom stereocenters. The van der Waals surface area contributed by atoms with Crippen LogP contribution >= 0.6 is 21.6 Å². The van der Waals surface area contributed by atoms with Crippen molar-refractivity contribution in [3.05, 3.63) is 164 Å². The molecule has 3 amide bonds. The predicted octanol–water partition coefficient (Wildman–Crippen LogP) is 6.03. The van der Waals surface area contributed by atoms with E-state index >= 15 is 0 Å².